The topological polar surface area (TPSA) is 93.1 Å². The van der Waals surface area contributed by atoms with Crippen molar-refractivity contribution in [2.24, 2.45) is 0 Å². The van der Waals surface area contributed by atoms with E-state index in [0.29, 0.717) is 0 Å². The Morgan fingerprint density at radius 1 is 1.07 bits per heavy atom. The number of anilines is 1. The van der Waals surface area contributed by atoms with Crippen LogP contribution in [0.3, 0.4) is 0 Å². The molecule has 3 aromatic rings. The fourth-order valence-corrected chi connectivity index (χ4v) is 4.25. The number of hydrogen-bond donors (Lipinski definition) is 2. The van der Waals surface area contributed by atoms with E-state index < -0.39 is 21.7 Å². The number of halogens is 1. The molecule has 0 spiro atoms. The molecule has 2 N–H and O–H groups in total. The molecule has 0 radical (unpaired) electrons. The first kappa shape index (κ1) is 21.7. The van der Waals surface area contributed by atoms with Crippen molar-refractivity contribution in [2.75, 3.05) is 5.32 Å². The van der Waals surface area contributed by atoms with Crippen LogP contribution in [0, 0.1) is 19.7 Å². The van der Waals surface area contributed by atoms with E-state index in [-0.39, 0.29) is 27.9 Å². The van der Waals surface area contributed by atoms with Gasteiger partial charge in [-0.2, -0.15) is 5.10 Å². The molecule has 158 valence electrons. The van der Waals surface area contributed by atoms with Crippen LogP contribution in [0.2, 0.25) is 0 Å². The second kappa shape index (κ2) is 8.37. The van der Waals surface area contributed by atoms with E-state index in [1.807, 2.05) is 19.9 Å². The zero-order valence-electron chi connectivity index (χ0n) is 17.1. The maximum absolute atomic E-state index is 14.6. The number of benzene rings is 2. The lowest BCUT2D eigenvalue weighted by molar-refractivity contribution is 0.102. The molecule has 0 aliphatic carbocycles. The Balaban J connectivity index is 1.76. The van der Waals surface area contributed by atoms with Gasteiger partial charge in [0, 0.05) is 23.0 Å². The summed E-state index contributed by atoms with van der Waals surface area (Å²) in [6, 6.07) is 11.5. The number of nitrogens with zero attached hydrogens (tertiary/aromatic N) is 2. The van der Waals surface area contributed by atoms with Crippen molar-refractivity contribution < 1.29 is 17.6 Å². The number of amides is 1. The highest BCUT2D eigenvalue weighted by molar-refractivity contribution is 7.89. The molecule has 9 heteroatoms. The summed E-state index contributed by atoms with van der Waals surface area (Å²) >= 11 is 0. The SMILES string of the molecule is Cc1cc(C)n(-c2ccc(NC(=O)c3ccc(S(=O)(=O)NC(C)C)cc3)cc2F)n1. The number of aromatic nitrogens is 2. The first-order chi connectivity index (χ1) is 14.1. The molecule has 1 amide bonds. The molecule has 1 aromatic heterocycles. The first-order valence-corrected chi connectivity index (χ1v) is 10.8. The molecule has 0 aliphatic heterocycles. The van der Waals surface area contributed by atoms with Gasteiger partial charge in [-0.3, -0.25) is 4.79 Å². The molecule has 0 saturated carbocycles. The quantitative estimate of drug-likeness (QED) is 0.625. The predicted molar refractivity (Wildman–Crippen MR) is 113 cm³/mol. The number of sulfonamides is 1. The van der Waals surface area contributed by atoms with E-state index in [9.17, 15) is 17.6 Å². The van der Waals surface area contributed by atoms with Crippen LogP contribution in [0.25, 0.3) is 5.69 Å². The van der Waals surface area contributed by atoms with E-state index in [0.717, 1.165) is 11.4 Å². The average Bonchev–Trinajstić information content (AvgIpc) is 2.99. The smallest absolute Gasteiger partial charge is 0.255 e. The number of hydrogen-bond acceptors (Lipinski definition) is 4. The second-order valence-electron chi connectivity index (χ2n) is 7.26. The third kappa shape index (κ3) is 4.74. The van der Waals surface area contributed by atoms with Gasteiger partial charge in [0.25, 0.3) is 5.91 Å². The Labute approximate surface area is 175 Å². The summed E-state index contributed by atoms with van der Waals surface area (Å²) < 4.78 is 42.9. The Bertz CT molecular complexity index is 1190. The van der Waals surface area contributed by atoms with Crippen LogP contribution in [0.5, 0.6) is 0 Å². The van der Waals surface area contributed by atoms with Gasteiger partial charge < -0.3 is 5.32 Å². The van der Waals surface area contributed by atoms with Crippen LogP contribution in [-0.4, -0.2) is 30.1 Å². The van der Waals surface area contributed by atoms with Crippen molar-refractivity contribution in [3.05, 3.63) is 71.3 Å². The second-order valence-corrected chi connectivity index (χ2v) is 8.97. The number of aryl methyl sites for hydroxylation is 2. The summed E-state index contributed by atoms with van der Waals surface area (Å²) in [7, 11) is -3.64. The highest BCUT2D eigenvalue weighted by atomic mass is 32.2. The lowest BCUT2D eigenvalue weighted by Gasteiger charge is -2.11. The summed E-state index contributed by atoms with van der Waals surface area (Å²) in [6.07, 6.45) is 0. The Hall–Kier alpha value is -3.04. The Kier molecular flexibility index (Phi) is 6.04. The molecule has 0 saturated heterocycles. The van der Waals surface area contributed by atoms with E-state index in [4.69, 9.17) is 0 Å². The summed E-state index contributed by atoms with van der Waals surface area (Å²) in [5, 5.41) is 6.87. The number of rotatable bonds is 6. The predicted octanol–water partition coefficient (Wildman–Crippen LogP) is 3.57. The maximum atomic E-state index is 14.6. The third-order valence-corrected chi connectivity index (χ3v) is 5.94. The van der Waals surface area contributed by atoms with Gasteiger partial charge in [-0.05, 0) is 76.2 Å². The molecular formula is C21H23FN4O3S. The molecule has 3 rings (SSSR count). The highest BCUT2D eigenvalue weighted by Gasteiger charge is 2.16. The van der Waals surface area contributed by atoms with Crippen LogP contribution in [0.1, 0.15) is 35.6 Å². The molecule has 0 unspecified atom stereocenters. The van der Waals surface area contributed by atoms with E-state index in [1.54, 1.807) is 19.9 Å². The Morgan fingerprint density at radius 2 is 1.73 bits per heavy atom. The molecule has 0 atom stereocenters. The summed E-state index contributed by atoms with van der Waals surface area (Å²) in [5.74, 6) is -1.01. The summed E-state index contributed by atoms with van der Waals surface area (Å²) in [4.78, 5) is 12.5. The van der Waals surface area contributed by atoms with Crippen LogP contribution in [0.15, 0.2) is 53.4 Å². The van der Waals surface area contributed by atoms with Gasteiger partial charge in [0.05, 0.1) is 10.6 Å². The van der Waals surface area contributed by atoms with Gasteiger partial charge in [0.1, 0.15) is 5.69 Å². The largest absolute Gasteiger partial charge is 0.322 e. The fraction of sp³-hybridized carbons (Fsp3) is 0.238. The summed E-state index contributed by atoms with van der Waals surface area (Å²) in [6.45, 7) is 7.10. The van der Waals surface area contributed by atoms with Crippen LogP contribution < -0.4 is 10.0 Å². The van der Waals surface area contributed by atoms with Crippen molar-refractivity contribution in [2.45, 2.75) is 38.6 Å². The molecule has 7 nitrogen and oxygen atoms in total. The van der Waals surface area contributed by atoms with Crippen LogP contribution >= 0.6 is 0 Å². The standard InChI is InChI=1S/C21H23FN4O3S/c1-13(2)25-30(28,29)18-8-5-16(6-9-18)21(27)23-17-7-10-20(19(22)12-17)26-15(4)11-14(3)24-26/h5-13,25H,1-4H3,(H,23,27). The van der Waals surface area contributed by atoms with Gasteiger partial charge in [0.2, 0.25) is 10.0 Å². The van der Waals surface area contributed by atoms with Crippen molar-refractivity contribution in [1.82, 2.24) is 14.5 Å². The van der Waals surface area contributed by atoms with Gasteiger partial charge in [-0.25, -0.2) is 22.2 Å². The van der Waals surface area contributed by atoms with Gasteiger partial charge in [-0.15, -0.1) is 0 Å². The van der Waals surface area contributed by atoms with E-state index >= 15 is 0 Å². The normalized spacial score (nSPS) is 11.7. The first-order valence-electron chi connectivity index (χ1n) is 9.34. The minimum atomic E-state index is -3.64. The Morgan fingerprint density at radius 3 is 2.27 bits per heavy atom. The lowest BCUT2D eigenvalue weighted by atomic mass is 10.2. The van der Waals surface area contributed by atoms with Gasteiger partial charge in [-0.1, -0.05) is 0 Å². The van der Waals surface area contributed by atoms with Crippen molar-refractivity contribution in [3.8, 4) is 5.69 Å². The molecule has 1 heterocycles. The molecular weight excluding hydrogens is 407 g/mol. The van der Waals surface area contributed by atoms with Crippen molar-refractivity contribution >= 4 is 21.6 Å². The minimum Gasteiger partial charge on any atom is -0.322 e. The third-order valence-electron chi connectivity index (χ3n) is 4.26. The number of carbonyl (C=O) groups is 1. The van der Waals surface area contributed by atoms with Crippen LogP contribution in [0.4, 0.5) is 10.1 Å². The molecule has 0 bridgehead atoms. The van der Waals surface area contributed by atoms with Gasteiger partial charge >= 0.3 is 0 Å². The lowest BCUT2D eigenvalue weighted by Crippen LogP contribution is -2.30. The highest BCUT2D eigenvalue weighted by Crippen LogP contribution is 2.21. The van der Waals surface area contributed by atoms with Crippen molar-refractivity contribution in [1.29, 1.82) is 0 Å². The zero-order valence-corrected chi connectivity index (χ0v) is 17.9. The zero-order chi connectivity index (χ0) is 22.1. The van der Waals surface area contributed by atoms with E-state index in [1.165, 1.54) is 41.1 Å². The molecule has 0 fully saturated rings. The minimum absolute atomic E-state index is 0.0630. The van der Waals surface area contributed by atoms with Crippen molar-refractivity contribution in [3.63, 3.8) is 0 Å². The fourth-order valence-electron chi connectivity index (χ4n) is 3.00. The number of carbonyl (C=O) groups excluding carboxylic acids is 1. The molecule has 30 heavy (non-hydrogen) atoms. The average molecular weight is 431 g/mol. The monoisotopic (exact) mass is 430 g/mol. The van der Waals surface area contributed by atoms with E-state index in [2.05, 4.69) is 15.1 Å². The maximum Gasteiger partial charge on any atom is 0.255 e. The van der Waals surface area contributed by atoms with Gasteiger partial charge in [0.15, 0.2) is 5.82 Å². The summed E-state index contributed by atoms with van der Waals surface area (Å²) in [5.41, 5.74) is 2.39. The van der Waals surface area contributed by atoms with Crippen LogP contribution in [-0.2, 0) is 10.0 Å². The molecule has 0 aliphatic rings. The molecule has 2 aromatic carbocycles. The number of nitrogens with one attached hydrogen (secondary N) is 2.